The number of halogens is 2. The average Bonchev–Trinajstić information content (AvgIpc) is 2.41. The summed E-state index contributed by atoms with van der Waals surface area (Å²) in [5, 5.41) is 9.98. The Balaban J connectivity index is 2.28. The quantitative estimate of drug-likeness (QED) is 0.885. The summed E-state index contributed by atoms with van der Waals surface area (Å²) in [5.74, 6) is -1.78. The van der Waals surface area contributed by atoms with Gasteiger partial charge in [0, 0.05) is 19.2 Å². The summed E-state index contributed by atoms with van der Waals surface area (Å²) in [6.07, 6.45) is 2.98. The maximum absolute atomic E-state index is 14.0. The molecule has 0 radical (unpaired) electrons. The van der Waals surface area contributed by atoms with E-state index in [1.54, 1.807) is 11.9 Å². The molecule has 0 bridgehead atoms. The van der Waals surface area contributed by atoms with Crippen LogP contribution in [0.2, 0.25) is 0 Å². The Kier molecular flexibility index (Phi) is 4.37. The van der Waals surface area contributed by atoms with Gasteiger partial charge in [-0.15, -0.1) is 0 Å². The number of aliphatic hydroxyl groups excluding tert-OH is 1. The zero-order chi connectivity index (χ0) is 14.0. The summed E-state index contributed by atoms with van der Waals surface area (Å²) in [5.41, 5.74) is 5.70. The Morgan fingerprint density at radius 2 is 1.95 bits per heavy atom. The summed E-state index contributed by atoms with van der Waals surface area (Å²) >= 11 is 0. The van der Waals surface area contributed by atoms with Crippen LogP contribution in [0.1, 0.15) is 31.2 Å². The number of likely N-dealkylation sites (N-methyl/N-ethyl adjacent to an activating group) is 1. The van der Waals surface area contributed by atoms with Gasteiger partial charge in [0.25, 0.3) is 0 Å². The molecule has 2 atom stereocenters. The standard InChI is InChI=1S/C14H20F2N2O/c1-18(10-4-2-3-5-12(10)19)11-7-6-9(8-17)13(15)14(11)16/h6-7,10,12,19H,2-5,8,17H2,1H3. The molecule has 3 nitrogen and oxygen atoms in total. The first-order valence-corrected chi connectivity index (χ1v) is 6.64. The third-order valence-electron chi connectivity index (χ3n) is 3.93. The minimum atomic E-state index is -0.892. The molecule has 0 heterocycles. The normalized spacial score (nSPS) is 23.4. The largest absolute Gasteiger partial charge is 0.391 e. The lowest BCUT2D eigenvalue weighted by atomic mass is 9.91. The fourth-order valence-corrected chi connectivity index (χ4v) is 2.73. The Morgan fingerprint density at radius 1 is 1.26 bits per heavy atom. The van der Waals surface area contributed by atoms with Gasteiger partial charge in [-0.05, 0) is 18.9 Å². The summed E-state index contributed by atoms with van der Waals surface area (Å²) in [6.45, 7) is -0.0290. The second kappa shape index (κ2) is 5.84. The molecule has 0 saturated heterocycles. The van der Waals surface area contributed by atoms with E-state index in [-0.39, 0.29) is 23.8 Å². The van der Waals surface area contributed by atoms with Crippen molar-refractivity contribution in [2.24, 2.45) is 5.73 Å². The Labute approximate surface area is 112 Å². The molecule has 0 aromatic heterocycles. The minimum Gasteiger partial charge on any atom is -0.391 e. The van der Waals surface area contributed by atoms with Crippen molar-refractivity contribution in [3.05, 3.63) is 29.3 Å². The van der Waals surface area contributed by atoms with E-state index in [1.807, 2.05) is 0 Å². The first kappa shape index (κ1) is 14.2. The lowest BCUT2D eigenvalue weighted by Gasteiger charge is -2.36. The van der Waals surface area contributed by atoms with Crippen LogP contribution in [0, 0.1) is 11.6 Å². The van der Waals surface area contributed by atoms with Crippen molar-refractivity contribution in [3.8, 4) is 0 Å². The highest BCUT2D eigenvalue weighted by Gasteiger charge is 2.29. The highest BCUT2D eigenvalue weighted by atomic mass is 19.2. The molecule has 1 aromatic rings. The van der Waals surface area contributed by atoms with Gasteiger partial charge in [0.15, 0.2) is 11.6 Å². The van der Waals surface area contributed by atoms with Gasteiger partial charge in [-0.25, -0.2) is 8.78 Å². The number of anilines is 1. The third kappa shape index (κ3) is 2.72. The molecule has 0 spiro atoms. The van der Waals surface area contributed by atoms with Crippen LogP contribution in [0.4, 0.5) is 14.5 Å². The Morgan fingerprint density at radius 3 is 2.58 bits per heavy atom. The highest BCUT2D eigenvalue weighted by molar-refractivity contribution is 5.50. The average molecular weight is 270 g/mol. The predicted octanol–water partition coefficient (Wildman–Crippen LogP) is 2.16. The molecule has 3 N–H and O–H groups in total. The zero-order valence-electron chi connectivity index (χ0n) is 11.1. The SMILES string of the molecule is CN(c1ccc(CN)c(F)c1F)C1CCCCC1O. The van der Waals surface area contributed by atoms with Crippen molar-refractivity contribution in [1.29, 1.82) is 0 Å². The number of nitrogens with two attached hydrogens (primary N) is 1. The van der Waals surface area contributed by atoms with Crippen molar-refractivity contribution in [1.82, 2.24) is 0 Å². The van der Waals surface area contributed by atoms with E-state index < -0.39 is 17.7 Å². The van der Waals surface area contributed by atoms with E-state index in [9.17, 15) is 13.9 Å². The van der Waals surface area contributed by atoms with Gasteiger partial charge in [-0.3, -0.25) is 0 Å². The van der Waals surface area contributed by atoms with Gasteiger partial charge in [0.1, 0.15) is 0 Å². The highest BCUT2D eigenvalue weighted by Crippen LogP contribution is 2.30. The lowest BCUT2D eigenvalue weighted by molar-refractivity contribution is 0.106. The molecule has 106 valence electrons. The van der Waals surface area contributed by atoms with E-state index in [0.29, 0.717) is 6.42 Å². The molecule has 5 heteroatoms. The van der Waals surface area contributed by atoms with Gasteiger partial charge < -0.3 is 15.7 Å². The molecule has 0 aliphatic heterocycles. The smallest absolute Gasteiger partial charge is 0.182 e. The van der Waals surface area contributed by atoms with E-state index in [0.717, 1.165) is 19.3 Å². The molecule has 1 aliphatic carbocycles. The van der Waals surface area contributed by atoms with Crippen LogP contribution in [0.15, 0.2) is 12.1 Å². The number of hydrogen-bond donors (Lipinski definition) is 2. The summed E-state index contributed by atoms with van der Waals surface area (Å²) in [6, 6.07) is 2.87. The van der Waals surface area contributed by atoms with Crippen LogP contribution in [0.25, 0.3) is 0 Å². The van der Waals surface area contributed by atoms with Gasteiger partial charge >= 0.3 is 0 Å². The Hall–Kier alpha value is -1.20. The molecule has 1 saturated carbocycles. The first-order valence-electron chi connectivity index (χ1n) is 6.64. The number of benzene rings is 1. The van der Waals surface area contributed by atoms with Gasteiger partial charge in [-0.2, -0.15) is 0 Å². The molecule has 1 fully saturated rings. The summed E-state index contributed by atoms with van der Waals surface area (Å²) in [7, 11) is 1.69. The van der Waals surface area contributed by atoms with E-state index in [4.69, 9.17) is 5.73 Å². The van der Waals surface area contributed by atoms with Crippen LogP contribution in [0.5, 0.6) is 0 Å². The van der Waals surface area contributed by atoms with Crippen LogP contribution < -0.4 is 10.6 Å². The van der Waals surface area contributed by atoms with Crippen molar-refractivity contribution in [2.75, 3.05) is 11.9 Å². The third-order valence-corrected chi connectivity index (χ3v) is 3.93. The van der Waals surface area contributed by atoms with Crippen LogP contribution in [0.3, 0.4) is 0 Å². The van der Waals surface area contributed by atoms with E-state index in [2.05, 4.69) is 0 Å². The molecule has 1 aliphatic rings. The van der Waals surface area contributed by atoms with Crippen molar-refractivity contribution < 1.29 is 13.9 Å². The molecule has 0 amide bonds. The van der Waals surface area contributed by atoms with Crippen LogP contribution in [-0.4, -0.2) is 24.3 Å². The fraction of sp³-hybridized carbons (Fsp3) is 0.571. The van der Waals surface area contributed by atoms with Gasteiger partial charge in [0.05, 0.1) is 17.8 Å². The molecular weight excluding hydrogens is 250 g/mol. The number of nitrogens with zero attached hydrogens (tertiary/aromatic N) is 1. The molecule has 2 rings (SSSR count). The van der Waals surface area contributed by atoms with Gasteiger partial charge in [-0.1, -0.05) is 18.9 Å². The zero-order valence-corrected chi connectivity index (χ0v) is 11.1. The topological polar surface area (TPSA) is 49.5 Å². The summed E-state index contributed by atoms with van der Waals surface area (Å²) < 4.78 is 27.8. The number of rotatable bonds is 3. The molecule has 1 aromatic carbocycles. The van der Waals surface area contributed by atoms with E-state index in [1.165, 1.54) is 12.1 Å². The van der Waals surface area contributed by atoms with Crippen LogP contribution in [-0.2, 0) is 6.54 Å². The van der Waals surface area contributed by atoms with Crippen molar-refractivity contribution >= 4 is 5.69 Å². The van der Waals surface area contributed by atoms with E-state index >= 15 is 0 Å². The first-order chi connectivity index (χ1) is 9.06. The minimum absolute atomic E-state index is 0.0290. The second-order valence-corrected chi connectivity index (χ2v) is 5.11. The van der Waals surface area contributed by atoms with Gasteiger partial charge in [0.2, 0.25) is 0 Å². The van der Waals surface area contributed by atoms with Crippen molar-refractivity contribution in [3.63, 3.8) is 0 Å². The number of aliphatic hydroxyl groups is 1. The Bertz CT molecular complexity index is 453. The fourth-order valence-electron chi connectivity index (χ4n) is 2.73. The van der Waals surface area contributed by atoms with Crippen molar-refractivity contribution in [2.45, 2.75) is 44.4 Å². The molecule has 19 heavy (non-hydrogen) atoms. The summed E-state index contributed by atoms with van der Waals surface area (Å²) in [4.78, 5) is 1.64. The molecular formula is C14H20F2N2O. The van der Waals surface area contributed by atoms with Crippen LogP contribution >= 0.6 is 0 Å². The lowest BCUT2D eigenvalue weighted by Crippen LogP contribution is -2.43. The maximum atomic E-state index is 14.0. The monoisotopic (exact) mass is 270 g/mol. The maximum Gasteiger partial charge on any atom is 0.182 e. The molecule has 2 unspecified atom stereocenters. The number of hydrogen-bond acceptors (Lipinski definition) is 3. The second-order valence-electron chi connectivity index (χ2n) is 5.11. The predicted molar refractivity (Wildman–Crippen MR) is 70.9 cm³/mol.